The van der Waals surface area contributed by atoms with Gasteiger partial charge in [0.1, 0.15) is 0 Å². The Balaban J connectivity index is 1.92. The van der Waals surface area contributed by atoms with Crippen LogP contribution in [0.15, 0.2) is 73.3 Å². The summed E-state index contributed by atoms with van der Waals surface area (Å²) in [4.78, 5) is 0. The molecule has 138 valence electrons. The van der Waals surface area contributed by atoms with Gasteiger partial charge in [-0.05, 0) is 72.4 Å². The van der Waals surface area contributed by atoms with Gasteiger partial charge in [0.05, 0.1) is 0 Å². The molecular weight excluding hydrogens is 338 g/mol. The van der Waals surface area contributed by atoms with Crippen molar-refractivity contribution in [2.45, 2.75) is 32.6 Å². The number of aryl methyl sites for hydroxylation is 2. The molecule has 0 atom stereocenters. The first-order valence-electron chi connectivity index (χ1n) is 9.36. The zero-order valence-corrected chi connectivity index (χ0v) is 15.6. The highest BCUT2D eigenvalue weighted by molar-refractivity contribution is 5.88. The summed E-state index contributed by atoms with van der Waals surface area (Å²) in [6.45, 7) is 5.66. The van der Waals surface area contributed by atoms with Gasteiger partial charge in [0.2, 0.25) is 0 Å². The molecule has 0 radical (unpaired) electrons. The van der Waals surface area contributed by atoms with Crippen molar-refractivity contribution < 1.29 is 8.78 Å². The van der Waals surface area contributed by atoms with E-state index in [-0.39, 0.29) is 0 Å². The molecule has 0 saturated carbocycles. The van der Waals surface area contributed by atoms with E-state index in [1.807, 2.05) is 31.2 Å². The first-order chi connectivity index (χ1) is 13.1. The Morgan fingerprint density at radius 2 is 1.59 bits per heavy atom. The Morgan fingerprint density at radius 1 is 0.852 bits per heavy atom. The van der Waals surface area contributed by atoms with Crippen molar-refractivity contribution in [3.8, 4) is 11.1 Å². The molecule has 0 amide bonds. The summed E-state index contributed by atoms with van der Waals surface area (Å²) in [5.74, 6) is -1.52. The quantitative estimate of drug-likeness (QED) is 0.384. The van der Waals surface area contributed by atoms with Crippen LogP contribution >= 0.6 is 0 Å². The molecule has 0 saturated heterocycles. The van der Waals surface area contributed by atoms with E-state index in [9.17, 15) is 8.78 Å². The van der Waals surface area contributed by atoms with Crippen molar-refractivity contribution in [1.29, 1.82) is 0 Å². The van der Waals surface area contributed by atoms with E-state index in [0.717, 1.165) is 29.4 Å². The molecule has 0 fully saturated rings. The molecule has 0 aliphatic heterocycles. The maximum absolute atomic E-state index is 14.6. The summed E-state index contributed by atoms with van der Waals surface area (Å²) in [5.41, 5.74) is 3.56. The third kappa shape index (κ3) is 4.33. The fourth-order valence-electron chi connectivity index (χ4n) is 3.28. The Kier molecular flexibility index (Phi) is 6.18. The second-order valence-electron chi connectivity index (χ2n) is 6.73. The van der Waals surface area contributed by atoms with Gasteiger partial charge in [-0.1, -0.05) is 54.6 Å². The smallest absolute Gasteiger partial charge is 0.166 e. The Hall–Kier alpha value is -2.74. The predicted octanol–water partition coefficient (Wildman–Crippen LogP) is 7.41. The first kappa shape index (κ1) is 19.0. The number of fused-ring (bicyclic) bond motifs is 1. The van der Waals surface area contributed by atoms with Crippen LogP contribution < -0.4 is 0 Å². The Morgan fingerprint density at radius 3 is 2.30 bits per heavy atom. The van der Waals surface area contributed by atoms with Gasteiger partial charge in [-0.3, -0.25) is 0 Å². The molecular formula is C25H24F2. The minimum atomic E-state index is -0.767. The average molecular weight is 362 g/mol. The summed E-state index contributed by atoms with van der Waals surface area (Å²) in [7, 11) is 0. The largest absolute Gasteiger partial charge is 0.203 e. The van der Waals surface area contributed by atoms with Crippen LogP contribution in [0, 0.1) is 11.6 Å². The Bertz CT molecular complexity index is 966. The molecule has 0 bridgehead atoms. The molecule has 0 unspecified atom stereocenters. The summed E-state index contributed by atoms with van der Waals surface area (Å²) in [5, 5.41) is 1.05. The van der Waals surface area contributed by atoms with Crippen LogP contribution in [0.4, 0.5) is 8.78 Å². The topological polar surface area (TPSA) is 0 Å². The molecule has 3 rings (SSSR count). The Labute approximate surface area is 159 Å². The maximum atomic E-state index is 14.6. The van der Waals surface area contributed by atoms with E-state index in [0.29, 0.717) is 23.8 Å². The minimum absolute atomic E-state index is 0.324. The zero-order chi connectivity index (χ0) is 19.2. The lowest BCUT2D eigenvalue weighted by Crippen LogP contribution is -1.96. The lowest BCUT2D eigenvalue weighted by molar-refractivity contribution is 0.507. The second kappa shape index (κ2) is 8.77. The van der Waals surface area contributed by atoms with Gasteiger partial charge in [-0.2, -0.15) is 0 Å². The van der Waals surface area contributed by atoms with Crippen LogP contribution in [-0.4, -0.2) is 0 Å². The molecule has 3 aromatic carbocycles. The van der Waals surface area contributed by atoms with Gasteiger partial charge in [0.25, 0.3) is 0 Å². The van der Waals surface area contributed by atoms with Crippen LogP contribution in [0.5, 0.6) is 0 Å². The van der Waals surface area contributed by atoms with Crippen LogP contribution in [0.25, 0.3) is 21.9 Å². The van der Waals surface area contributed by atoms with Gasteiger partial charge in [0.15, 0.2) is 11.6 Å². The standard InChI is InChI=1S/C25H24F2/c1-3-5-7-8-18-10-12-19(13-11-18)20-14-15-21-16-22(9-6-4-2)24(26)25(27)23(21)17-20/h3-5,10-17H,2,6-9H2,1H3/b5-3+. The number of halogens is 2. The number of allylic oxidation sites excluding steroid dienone is 3. The third-order valence-corrected chi connectivity index (χ3v) is 4.83. The molecule has 0 aliphatic rings. The summed E-state index contributed by atoms with van der Waals surface area (Å²) >= 11 is 0. The van der Waals surface area contributed by atoms with Crippen molar-refractivity contribution in [3.63, 3.8) is 0 Å². The molecule has 0 aromatic heterocycles. The van der Waals surface area contributed by atoms with Gasteiger partial charge in [-0.25, -0.2) is 8.78 Å². The third-order valence-electron chi connectivity index (χ3n) is 4.83. The van der Waals surface area contributed by atoms with Crippen LogP contribution in [0.2, 0.25) is 0 Å². The monoisotopic (exact) mass is 362 g/mol. The molecule has 3 aromatic rings. The van der Waals surface area contributed by atoms with Crippen LogP contribution in [0.1, 0.15) is 30.9 Å². The maximum Gasteiger partial charge on any atom is 0.166 e. The van der Waals surface area contributed by atoms with E-state index < -0.39 is 11.6 Å². The number of benzene rings is 3. The summed E-state index contributed by atoms with van der Waals surface area (Å²) < 4.78 is 29.0. The fourth-order valence-corrected chi connectivity index (χ4v) is 3.28. The lowest BCUT2D eigenvalue weighted by atomic mass is 9.97. The molecule has 0 heterocycles. The summed E-state index contributed by atoms with van der Waals surface area (Å²) in [6, 6.07) is 15.6. The van der Waals surface area contributed by atoms with Crippen LogP contribution in [0.3, 0.4) is 0 Å². The van der Waals surface area contributed by atoms with Crippen LogP contribution in [-0.2, 0) is 12.8 Å². The highest BCUT2D eigenvalue weighted by atomic mass is 19.2. The van der Waals surface area contributed by atoms with E-state index >= 15 is 0 Å². The van der Waals surface area contributed by atoms with E-state index in [2.05, 4.69) is 30.9 Å². The van der Waals surface area contributed by atoms with E-state index in [1.165, 1.54) is 5.56 Å². The van der Waals surface area contributed by atoms with Crippen molar-refractivity contribution in [2.75, 3.05) is 0 Å². The number of hydrogen-bond donors (Lipinski definition) is 0. The summed E-state index contributed by atoms with van der Waals surface area (Å²) in [6.07, 6.45) is 9.02. The fraction of sp³-hybridized carbons (Fsp3) is 0.200. The van der Waals surface area contributed by atoms with Gasteiger partial charge < -0.3 is 0 Å². The highest BCUT2D eigenvalue weighted by Crippen LogP contribution is 2.29. The van der Waals surface area contributed by atoms with Crippen molar-refractivity contribution in [2.24, 2.45) is 0 Å². The molecule has 27 heavy (non-hydrogen) atoms. The normalized spacial score (nSPS) is 11.4. The van der Waals surface area contributed by atoms with E-state index in [1.54, 1.807) is 18.2 Å². The SMILES string of the molecule is C=CCCc1cc2ccc(-c3ccc(CC/C=C/C)cc3)cc2c(F)c1F. The van der Waals surface area contributed by atoms with Gasteiger partial charge >= 0.3 is 0 Å². The van der Waals surface area contributed by atoms with Gasteiger partial charge in [-0.15, -0.1) is 6.58 Å². The van der Waals surface area contributed by atoms with Crippen molar-refractivity contribution in [3.05, 3.63) is 96.1 Å². The average Bonchev–Trinajstić information content (AvgIpc) is 2.70. The number of rotatable bonds is 7. The molecule has 0 spiro atoms. The second-order valence-corrected chi connectivity index (χ2v) is 6.73. The molecule has 0 aliphatic carbocycles. The minimum Gasteiger partial charge on any atom is -0.203 e. The van der Waals surface area contributed by atoms with Crippen molar-refractivity contribution in [1.82, 2.24) is 0 Å². The van der Waals surface area contributed by atoms with Crippen molar-refractivity contribution >= 4 is 10.8 Å². The number of hydrogen-bond acceptors (Lipinski definition) is 0. The lowest BCUT2D eigenvalue weighted by Gasteiger charge is -2.10. The predicted molar refractivity (Wildman–Crippen MR) is 111 cm³/mol. The van der Waals surface area contributed by atoms with Gasteiger partial charge in [0, 0.05) is 5.39 Å². The van der Waals surface area contributed by atoms with E-state index in [4.69, 9.17) is 0 Å². The zero-order valence-electron chi connectivity index (χ0n) is 15.6. The molecule has 0 nitrogen and oxygen atoms in total. The highest BCUT2D eigenvalue weighted by Gasteiger charge is 2.14. The first-order valence-corrected chi connectivity index (χ1v) is 9.36. The molecule has 2 heteroatoms. The molecule has 0 N–H and O–H groups in total.